The van der Waals surface area contributed by atoms with Gasteiger partial charge in [-0.2, -0.15) is 5.10 Å². The van der Waals surface area contributed by atoms with Gasteiger partial charge < -0.3 is 9.64 Å². The molecule has 1 aliphatic heterocycles. The van der Waals surface area contributed by atoms with Gasteiger partial charge in [0.1, 0.15) is 5.02 Å². The number of piperidine rings is 1. The number of rotatable bonds is 5. The first-order valence-electron chi connectivity index (χ1n) is 9.47. The second-order valence-electron chi connectivity index (χ2n) is 7.79. The summed E-state index contributed by atoms with van der Waals surface area (Å²) in [5.74, 6) is -0.113. The van der Waals surface area contributed by atoms with Gasteiger partial charge in [-0.25, -0.2) is 4.68 Å². The molecule has 1 unspecified atom stereocenters. The Hall–Kier alpha value is -2.34. The van der Waals surface area contributed by atoms with Crippen LogP contribution in [0.3, 0.4) is 0 Å². The van der Waals surface area contributed by atoms with E-state index in [2.05, 4.69) is 10.00 Å². The molecule has 1 aromatic heterocycles. The van der Waals surface area contributed by atoms with Gasteiger partial charge in [-0.1, -0.05) is 41.9 Å². The van der Waals surface area contributed by atoms with Crippen LogP contribution in [0, 0.1) is 11.3 Å². The van der Waals surface area contributed by atoms with E-state index in [0.29, 0.717) is 18.8 Å². The molecule has 2 aromatic rings. The fraction of sp³-hybridized carbons (Fsp3) is 0.476. The second-order valence-corrected chi connectivity index (χ2v) is 8.17. The summed E-state index contributed by atoms with van der Waals surface area (Å²) in [6.45, 7) is 5.59. The molecule has 1 saturated heterocycles. The molecule has 0 N–H and O–H groups in total. The SMILES string of the molecule is COC(=O)C(C)(C)C1CCCN(c2cnn(Cc3ccccc3)c(=O)c2Cl)C1. The highest BCUT2D eigenvalue weighted by atomic mass is 35.5. The first-order valence-corrected chi connectivity index (χ1v) is 9.85. The molecule has 1 aromatic carbocycles. The van der Waals surface area contributed by atoms with Crippen LogP contribution in [0.5, 0.6) is 0 Å². The van der Waals surface area contributed by atoms with Gasteiger partial charge in [0.2, 0.25) is 0 Å². The quantitative estimate of drug-likeness (QED) is 0.716. The predicted molar refractivity (Wildman–Crippen MR) is 110 cm³/mol. The van der Waals surface area contributed by atoms with Crippen molar-refractivity contribution in [2.45, 2.75) is 33.2 Å². The molecule has 28 heavy (non-hydrogen) atoms. The van der Waals surface area contributed by atoms with E-state index in [4.69, 9.17) is 16.3 Å². The monoisotopic (exact) mass is 403 g/mol. The number of carbonyl (C=O) groups excluding carboxylic acids is 1. The van der Waals surface area contributed by atoms with E-state index in [1.54, 1.807) is 6.20 Å². The van der Waals surface area contributed by atoms with Crippen LogP contribution < -0.4 is 10.5 Å². The summed E-state index contributed by atoms with van der Waals surface area (Å²) in [6.07, 6.45) is 3.49. The minimum absolute atomic E-state index is 0.108. The van der Waals surface area contributed by atoms with E-state index < -0.39 is 5.41 Å². The zero-order valence-electron chi connectivity index (χ0n) is 16.5. The molecule has 0 bridgehead atoms. The van der Waals surface area contributed by atoms with Crippen molar-refractivity contribution < 1.29 is 9.53 Å². The molecule has 1 aliphatic rings. The summed E-state index contributed by atoms with van der Waals surface area (Å²) in [6, 6.07) is 9.67. The largest absolute Gasteiger partial charge is 0.469 e. The molecule has 3 rings (SSSR count). The number of hydrogen-bond acceptors (Lipinski definition) is 5. The lowest BCUT2D eigenvalue weighted by Gasteiger charge is -2.40. The van der Waals surface area contributed by atoms with E-state index in [-0.39, 0.29) is 22.5 Å². The number of aromatic nitrogens is 2. The van der Waals surface area contributed by atoms with Crippen LogP contribution in [-0.2, 0) is 16.1 Å². The molecular formula is C21H26ClN3O3. The van der Waals surface area contributed by atoms with Gasteiger partial charge in [0.05, 0.1) is 31.0 Å². The van der Waals surface area contributed by atoms with Crippen molar-refractivity contribution in [3.05, 3.63) is 57.5 Å². The Morgan fingerprint density at radius 3 is 2.71 bits per heavy atom. The van der Waals surface area contributed by atoms with E-state index in [1.807, 2.05) is 44.2 Å². The third kappa shape index (κ3) is 4.07. The number of methoxy groups -OCH3 is 1. The normalized spacial score (nSPS) is 17.4. The third-order valence-electron chi connectivity index (χ3n) is 5.64. The lowest BCUT2D eigenvalue weighted by Crippen LogP contribution is -2.45. The molecule has 0 aliphatic carbocycles. The van der Waals surface area contributed by atoms with Crippen LogP contribution in [-0.4, -0.2) is 35.9 Å². The van der Waals surface area contributed by atoms with Crippen LogP contribution in [0.4, 0.5) is 5.69 Å². The minimum Gasteiger partial charge on any atom is -0.469 e. The van der Waals surface area contributed by atoms with E-state index in [0.717, 1.165) is 24.9 Å². The van der Waals surface area contributed by atoms with Gasteiger partial charge in [0, 0.05) is 13.1 Å². The Morgan fingerprint density at radius 1 is 1.32 bits per heavy atom. The number of ether oxygens (including phenoxy) is 1. The molecule has 150 valence electrons. The van der Waals surface area contributed by atoms with Crippen LogP contribution in [0.2, 0.25) is 5.02 Å². The van der Waals surface area contributed by atoms with Crippen molar-refractivity contribution in [2.75, 3.05) is 25.1 Å². The van der Waals surface area contributed by atoms with Gasteiger partial charge in [0.25, 0.3) is 5.56 Å². The van der Waals surface area contributed by atoms with Gasteiger partial charge in [-0.05, 0) is 38.2 Å². The maximum Gasteiger partial charge on any atom is 0.311 e. The van der Waals surface area contributed by atoms with Crippen LogP contribution >= 0.6 is 11.6 Å². The fourth-order valence-corrected chi connectivity index (χ4v) is 4.03. The molecule has 0 radical (unpaired) electrons. The highest BCUT2D eigenvalue weighted by Crippen LogP contribution is 2.37. The maximum atomic E-state index is 12.7. The molecule has 0 spiro atoms. The van der Waals surface area contributed by atoms with Crippen LogP contribution in [0.15, 0.2) is 41.3 Å². The molecule has 7 heteroatoms. The molecule has 1 fully saturated rings. The number of benzene rings is 1. The standard InChI is InChI=1S/C21H26ClN3O3/c1-21(2,20(27)28-3)16-10-7-11-24(14-16)17-12-23-25(19(26)18(17)22)13-15-8-5-4-6-9-15/h4-6,8-9,12,16H,7,10-11,13-14H2,1-3H3. The van der Waals surface area contributed by atoms with Crippen molar-refractivity contribution in [1.29, 1.82) is 0 Å². The highest BCUT2D eigenvalue weighted by molar-refractivity contribution is 6.33. The van der Waals surface area contributed by atoms with E-state index >= 15 is 0 Å². The Labute approximate surface area is 170 Å². The van der Waals surface area contributed by atoms with Gasteiger partial charge >= 0.3 is 5.97 Å². The smallest absolute Gasteiger partial charge is 0.311 e. The van der Waals surface area contributed by atoms with Crippen molar-refractivity contribution in [3.8, 4) is 0 Å². The lowest BCUT2D eigenvalue weighted by molar-refractivity contribution is -0.154. The summed E-state index contributed by atoms with van der Waals surface area (Å²) in [4.78, 5) is 27.0. The minimum atomic E-state index is -0.602. The summed E-state index contributed by atoms with van der Waals surface area (Å²) >= 11 is 6.44. The molecule has 1 atom stereocenters. The zero-order valence-corrected chi connectivity index (χ0v) is 17.3. The van der Waals surface area contributed by atoms with Crippen molar-refractivity contribution in [3.63, 3.8) is 0 Å². The summed E-state index contributed by atoms with van der Waals surface area (Å²) in [5, 5.41) is 4.50. The summed E-state index contributed by atoms with van der Waals surface area (Å²) < 4.78 is 6.35. The van der Waals surface area contributed by atoms with Crippen LogP contribution in [0.1, 0.15) is 32.3 Å². The van der Waals surface area contributed by atoms with Gasteiger partial charge in [-0.3, -0.25) is 9.59 Å². The number of esters is 1. The lowest BCUT2D eigenvalue weighted by atomic mass is 9.74. The Balaban J connectivity index is 1.83. The molecule has 2 heterocycles. The van der Waals surface area contributed by atoms with Crippen LogP contribution in [0.25, 0.3) is 0 Å². The number of nitrogens with zero attached hydrogens (tertiary/aromatic N) is 3. The van der Waals surface area contributed by atoms with Gasteiger partial charge in [0.15, 0.2) is 0 Å². The molecular weight excluding hydrogens is 378 g/mol. The number of halogens is 1. The molecule has 0 amide bonds. The number of anilines is 1. The summed E-state index contributed by atoms with van der Waals surface area (Å²) in [5.41, 5.74) is 0.702. The number of hydrogen-bond donors (Lipinski definition) is 0. The van der Waals surface area contributed by atoms with Crippen molar-refractivity contribution >= 4 is 23.3 Å². The van der Waals surface area contributed by atoms with Gasteiger partial charge in [-0.15, -0.1) is 0 Å². The fourth-order valence-electron chi connectivity index (χ4n) is 3.76. The molecule has 6 nitrogen and oxygen atoms in total. The topological polar surface area (TPSA) is 64.4 Å². The van der Waals surface area contributed by atoms with Crippen molar-refractivity contribution in [1.82, 2.24) is 9.78 Å². The predicted octanol–water partition coefficient (Wildman–Crippen LogP) is 3.36. The first-order chi connectivity index (χ1) is 13.3. The average molecular weight is 404 g/mol. The first kappa shape index (κ1) is 20.4. The Morgan fingerprint density at radius 2 is 2.04 bits per heavy atom. The third-order valence-corrected chi connectivity index (χ3v) is 5.99. The zero-order chi connectivity index (χ0) is 20.3. The Bertz CT molecular complexity index is 896. The maximum absolute atomic E-state index is 12.7. The second kappa shape index (κ2) is 8.35. The number of carbonyl (C=O) groups is 1. The average Bonchev–Trinajstić information content (AvgIpc) is 2.71. The molecule has 0 saturated carbocycles. The van der Waals surface area contributed by atoms with Crippen molar-refractivity contribution in [2.24, 2.45) is 11.3 Å². The van der Waals surface area contributed by atoms with E-state index in [9.17, 15) is 9.59 Å². The highest BCUT2D eigenvalue weighted by Gasteiger charge is 2.40. The van der Waals surface area contributed by atoms with E-state index in [1.165, 1.54) is 11.8 Å². The Kier molecular flexibility index (Phi) is 6.08. The summed E-state index contributed by atoms with van der Waals surface area (Å²) in [7, 11) is 1.41.